The fourth-order valence-electron chi connectivity index (χ4n) is 1.99. The smallest absolute Gasteiger partial charge is 0.328 e. The molecule has 0 unspecified atom stereocenters. The van der Waals surface area contributed by atoms with Crippen molar-refractivity contribution in [3.05, 3.63) is 0 Å². The van der Waals surface area contributed by atoms with Gasteiger partial charge in [0.25, 0.3) is 5.91 Å². The third kappa shape index (κ3) is 2.97. The first-order chi connectivity index (χ1) is 7.94. The summed E-state index contributed by atoms with van der Waals surface area (Å²) in [5.41, 5.74) is -0.899. The molecule has 98 valence electrons. The molecule has 0 aromatic rings. The summed E-state index contributed by atoms with van der Waals surface area (Å²) < 4.78 is 9.91. The van der Waals surface area contributed by atoms with E-state index in [1.165, 1.54) is 14.2 Å². The molecule has 0 spiro atoms. The fraction of sp³-hybridized carbons (Fsp3) is 0.833. The van der Waals surface area contributed by atoms with Crippen molar-refractivity contribution in [1.29, 1.82) is 0 Å². The molecule has 0 aliphatic carbocycles. The van der Waals surface area contributed by atoms with Crippen LogP contribution in [0, 0.1) is 0 Å². The van der Waals surface area contributed by atoms with Gasteiger partial charge in [0.05, 0.1) is 7.11 Å². The average Bonchev–Trinajstić information content (AvgIpc) is 2.36. The minimum atomic E-state index is -0.899. The van der Waals surface area contributed by atoms with Crippen LogP contribution in [0.25, 0.3) is 0 Å². The summed E-state index contributed by atoms with van der Waals surface area (Å²) in [6, 6.07) is -0.462. The summed E-state index contributed by atoms with van der Waals surface area (Å²) in [5, 5.41) is 0. The van der Waals surface area contributed by atoms with Crippen LogP contribution >= 0.6 is 0 Å². The third-order valence-corrected chi connectivity index (χ3v) is 3.26. The lowest BCUT2D eigenvalue weighted by Crippen LogP contribution is -2.55. The van der Waals surface area contributed by atoms with Gasteiger partial charge in [-0.3, -0.25) is 4.79 Å². The van der Waals surface area contributed by atoms with Crippen molar-refractivity contribution in [3.63, 3.8) is 0 Å². The summed E-state index contributed by atoms with van der Waals surface area (Å²) in [5.74, 6) is -0.500. The number of nitrogens with zero attached hydrogens (tertiary/aromatic N) is 1. The second kappa shape index (κ2) is 5.49. The van der Waals surface area contributed by atoms with Gasteiger partial charge in [-0.05, 0) is 33.1 Å². The number of amides is 1. The van der Waals surface area contributed by atoms with E-state index in [1.807, 2.05) is 0 Å². The lowest BCUT2D eigenvalue weighted by Gasteiger charge is -2.38. The molecular weight excluding hydrogens is 222 g/mol. The van der Waals surface area contributed by atoms with Crippen LogP contribution < -0.4 is 0 Å². The molecule has 0 saturated carbocycles. The number of carbonyl (C=O) groups excluding carboxylic acids is 2. The minimum Gasteiger partial charge on any atom is -0.467 e. The highest BCUT2D eigenvalue weighted by Crippen LogP contribution is 2.23. The van der Waals surface area contributed by atoms with Crippen molar-refractivity contribution in [2.24, 2.45) is 0 Å². The molecule has 0 N–H and O–H groups in total. The van der Waals surface area contributed by atoms with E-state index in [2.05, 4.69) is 0 Å². The maximum absolute atomic E-state index is 12.3. The zero-order valence-electron chi connectivity index (χ0n) is 11.0. The Morgan fingerprint density at radius 2 is 1.88 bits per heavy atom. The Kier molecular flexibility index (Phi) is 4.51. The molecule has 0 radical (unpaired) electrons. The van der Waals surface area contributed by atoms with E-state index in [9.17, 15) is 9.59 Å². The van der Waals surface area contributed by atoms with Gasteiger partial charge in [0.2, 0.25) is 0 Å². The van der Waals surface area contributed by atoms with Crippen molar-refractivity contribution in [1.82, 2.24) is 4.90 Å². The van der Waals surface area contributed by atoms with Crippen LogP contribution in [0.4, 0.5) is 0 Å². The molecule has 1 heterocycles. The summed E-state index contributed by atoms with van der Waals surface area (Å²) >= 11 is 0. The summed E-state index contributed by atoms with van der Waals surface area (Å²) in [4.78, 5) is 25.5. The Hall–Kier alpha value is -1.10. The van der Waals surface area contributed by atoms with Gasteiger partial charge in [0, 0.05) is 13.7 Å². The molecule has 1 saturated heterocycles. The Bertz CT molecular complexity index is 301. The van der Waals surface area contributed by atoms with E-state index in [0.717, 1.165) is 12.8 Å². The highest BCUT2D eigenvalue weighted by Gasteiger charge is 2.39. The number of esters is 1. The van der Waals surface area contributed by atoms with Crippen LogP contribution in [0.5, 0.6) is 0 Å². The van der Waals surface area contributed by atoms with E-state index in [0.29, 0.717) is 13.0 Å². The lowest BCUT2D eigenvalue weighted by molar-refractivity contribution is -0.164. The molecule has 0 aromatic carbocycles. The molecule has 0 bridgehead atoms. The molecule has 1 aliphatic heterocycles. The Morgan fingerprint density at radius 1 is 1.24 bits per heavy atom. The molecule has 5 heteroatoms. The number of likely N-dealkylation sites (tertiary alicyclic amines) is 1. The molecule has 0 aromatic heterocycles. The second-order valence-corrected chi connectivity index (χ2v) is 4.75. The number of carbonyl (C=O) groups is 2. The van der Waals surface area contributed by atoms with Crippen LogP contribution in [0.3, 0.4) is 0 Å². The zero-order chi connectivity index (χ0) is 13.1. The standard InChI is InChI=1S/C12H21NO4/c1-12(2,17-4)11(15)13-8-6-5-7-9(13)10(14)16-3/h9H,5-8H2,1-4H3/t9-/m1/s1. The van der Waals surface area contributed by atoms with Crippen LogP contribution in [0.1, 0.15) is 33.1 Å². The zero-order valence-corrected chi connectivity index (χ0v) is 11.0. The fourth-order valence-corrected chi connectivity index (χ4v) is 1.99. The highest BCUT2D eigenvalue weighted by molar-refractivity contribution is 5.89. The van der Waals surface area contributed by atoms with Crippen molar-refractivity contribution >= 4 is 11.9 Å². The highest BCUT2D eigenvalue weighted by atomic mass is 16.5. The SMILES string of the molecule is COC(=O)[C@H]1CCCCN1C(=O)C(C)(C)OC. The number of hydrogen-bond donors (Lipinski definition) is 0. The normalized spacial score (nSPS) is 21.2. The Balaban J connectivity index is 2.85. The van der Waals surface area contributed by atoms with Gasteiger partial charge in [-0.2, -0.15) is 0 Å². The first-order valence-corrected chi connectivity index (χ1v) is 5.88. The number of methoxy groups -OCH3 is 2. The van der Waals surface area contributed by atoms with Gasteiger partial charge in [-0.25, -0.2) is 4.79 Å². The van der Waals surface area contributed by atoms with E-state index < -0.39 is 11.6 Å². The largest absolute Gasteiger partial charge is 0.467 e. The molecular formula is C12H21NO4. The van der Waals surface area contributed by atoms with Crippen LogP contribution in [0.2, 0.25) is 0 Å². The number of piperidine rings is 1. The van der Waals surface area contributed by atoms with Gasteiger partial charge >= 0.3 is 5.97 Å². The van der Waals surface area contributed by atoms with E-state index in [-0.39, 0.29) is 11.9 Å². The number of ether oxygens (including phenoxy) is 2. The summed E-state index contributed by atoms with van der Waals surface area (Å²) in [7, 11) is 2.84. The second-order valence-electron chi connectivity index (χ2n) is 4.75. The molecule has 17 heavy (non-hydrogen) atoms. The van der Waals surface area contributed by atoms with Crippen molar-refractivity contribution in [2.45, 2.75) is 44.8 Å². The number of rotatable bonds is 3. The Labute approximate surface area is 102 Å². The maximum Gasteiger partial charge on any atom is 0.328 e. The number of hydrogen-bond acceptors (Lipinski definition) is 4. The summed E-state index contributed by atoms with van der Waals surface area (Å²) in [6.07, 6.45) is 2.52. The van der Waals surface area contributed by atoms with Gasteiger partial charge in [-0.1, -0.05) is 0 Å². The molecule has 1 rings (SSSR count). The molecule has 1 amide bonds. The monoisotopic (exact) mass is 243 g/mol. The minimum absolute atomic E-state index is 0.157. The Morgan fingerprint density at radius 3 is 2.41 bits per heavy atom. The average molecular weight is 243 g/mol. The van der Waals surface area contributed by atoms with Crippen LogP contribution in [-0.2, 0) is 19.1 Å². The van der Waals surface area contributed by atoms with E-state index in [1.54, 1.807) is 18.7 Å². The first-order valence-electron chi connectivity index (χ1n) is 5.88. The first kappa shape index (κ1) is 14.0. The van der Waals surface area contributed by atoms with Gasteiger partial charge in [0.15, 0.2) is 0 Å². The molecule has 5 nitrogen and oxygen atoms in total. The van der Waals surface area contributed by atoms with Gasteiger partial charge < -0.3 is 14.4 Å². The van der Waals surface area contributed by atoms with Crippen LogP contribution in [0.15, 0.2) is 0 Å². The topological polar surface area (TPSA) is 55.8 Å². The van der Waals surface area contributed by atoms with Gasteiger partial charge in [0.1, 0.15) is 11.6 Å². The maximum atomic E-state index is 12.3. The van der Waals surface area contributed by atoms with Crippen molar-refractivity contribution in [2.75, 3.05) is 20.8 Å². The van der Waals surface area contributed by atoms with Crippen LogP contribution in [-0.4, -0.2) is 49.2 Å². The third-order valence-electron chi connectivity index (χ3n) is 3.26. The summed E-state index contributed by atoms with van der Waals surface area (Å²) in [6.45, 7) is 4.00. The van der Waals surface area contributed by atoms with Gasteiger partial charge in [-0.15, -0.1) is 0 Å². The van der Waals surface area contributed by atoms with E-state index in [4.69, 9.17) is 9.47 Å². The molecule has 1 atom stereocenters. The molecule has 1 aliphatic rings. The lowest BCUT2D eigenvalue weighted by atomic mass is 9.98. The quantitative estimate of drug-likeness (QED) is 0.693. The van der Waals surface area contributed by atoms with Crippen molar-refractivity contribution < 1.29 is 19.1 Å². The predicted octanol–water partition coefficient (Wildman–Crippen LogP) is 0.965. The van der Waals surface area contributed by atoms with E-state index >= 15 is 0 Å². The van der Waals surface area contributed by atoms with Crippen molar-refractivity contribution in [3.8, 4) is 0 Å². The predicted molar refractivity (Wildman–Crippen MR) is 62.5 cm³/mol. The molecule has 1 fully saturated rings.